The van der Waals surface area contributed by atoms with E-state index in [0.29, 0.717) is 27.0 Å². The van der Waals surface area contributed by atoms with Crippen molar-refractivity contribution in [1.29, 1.82) is 0 Å². The van der Waals surface area contributed by atoms with Gasteiger partial charge in [0.05, 0.1) is 24.8 Å². The summed E-state index contributed by atoms with van der Waals surface area (Å²) >= 11 is 13.1. The van der Waals surface area contributed by atoms with Crippen LogP contribution in [0.3, 0.4) is 0 Å². The predicted octanol–water partition coefficient (Wildman–Crippen LogP) is 3.84. The first-order valence-corrected chi connectivity index (χ1v) is 11.0. The van der Waals surface area contributed by atoms with Crippen LogP contribution in [0.5, 0.6) is 5.75 Å². The molecule has 3 aliphatic rings. The maximum atomic E-state index is 13.7. The van der Waals surface area contributed by atoms with E-state index in [4.69, 9.17) is 27.9 Å². The van der Waals surface area contributed by atoms with Gasteiger partial charge in [0.25, 0.3) is 5.91 Å². The van der Waals surface area contributed by atoms with Crippen molar-refractivity contribution in [3.63, 3.8) is 0 Å². The molecule has 0 aromatic heterocycles. The summed E-state index contributed by atoms with van der Waals surface area (Å²) in [5, 5.41) is 4.07. The van der Waals surface area contributed by atoms with Crippen LogP contribution in [0.25, 0.3) is 0 Å². The number of fused-ring (bicyclic) bond motifs is 3. The number of nitrogens with zero attached hydrogens (tertiary/aromatic N) is 3. The average molecular weight is 474 g/mol. The smallest absolute Gasteiger partial charge is 0.259 e. The van der Waals surface area contributed by atoms with Gasteiger partial charge in [-0.25, -0.2) is 9.91 Å². The number of rotatable bonds is 3. The van der Waals surface area contributed by atoms with Crippen molar-refractivity contribution in [3.05, 3.63) is 58.1 Å². The molecule has 0 spiro atoms. The van der Waals surface area contributed by atoms with Crippen LogP contribution in [0, 0.1) is 5.92 Å². The molecule has 0 saturated carbocycles. The third kappa shape index (κ3) is 2.81. The van der Waals surface area contributed by atoms with Crippen LogP contribution in [0.15, 0.2) is 42.5 Å². The van der Waals surface area contributed by atoms with Crippen LogP contribution in [0.4, 0.5) is 5.69 Å². The fraction of sp³-hybridized carbons (Fsp3) is 0.348. The Bertz CT molecular complexity index is 1130. The van der Waals surface area contributed by atoms with E-state index in [-0.39, 0.29) is 18.2 Å². The van der Waals surface area contributed by atoms with E-state index in [1.165, 1.54) is 5.01 Å². The fourth-order valence-corrected chi connectivity index (χ4v) is 5.84. The Morgan fingerprint density at radius 3 is 2.16 bits per heavy atom. The van der Waals surface area contributed by atoms with Crippen molar-refractivity contribution in [3.8, 4) is 5.75 Å². The van der Waals surface area contributed by atoms with Crippen molar-refractivity contribution < 1.29 is 19.1 Å². The summed E-state index contributed by atoms with van der Waals surface area (Å²) in [6.45, 7) is 3.83. The lowest BCUT2D eigenvalue weighted by Crippen LogP contribution is -2.50. The Hall–Kier alpha value is -2.61. The van der Waals surface area contributed by atoms with E-state index in [0.717, 1.165) is 4.90 Å². The number of hydrazine groups is 1. The molecule has 32 heavy (non-hydrogen) atoms. The van der Waals surface area contributed by atoms with Gasteiger partial charge in [-0.3, -0.25) is 19.4 Å². The molecule has 2 aromatic carbocycles. The Morgan fingerprint density at radius 1 is 0.938 bits per heavy atom. The molecule has 5 rings (SSSR count). The lowest BCUT2D eigenvalue weighted by atomic mass is 9.87. The Kier molecular flexibility index (Phi) is 4.78. The first kappa shape index (κ1) is 21.2. The third-order valence-corrected chi connectivity index (χ3v) is 7.16. The lowest BCUT2D eigenvalue weighted by Gasteiger charge is -2.38. The van der Waals surface area contributed by atoms with Crippen LogP contribution in [-0.2, 0) is 14.4 Å². The van der Waals surface area contributed by atoms with Gasteiger partial charge in [-0.05, 0) is 50.2 Å². The van der Waals surface area contributed by atoms with E-state index in [9.17, 15) is 14.4 Å². The topological polar surface area (TPSA) is 70.2 Å². The summed E-state index contributed by atoms with van der Waals surface area (Å²) in [4.78, 5) is 41.5. The van der Waals surface area contributed by atoms with Crippen LogP contribution in [0.1, 0.15) is 31.9 Å². The molecule has 0 aliphatic carbocycles. The minimum Gasteiger partial charge on any atom is -0.497 e. The Labute approximate surface area is 195 Å². The molecule has 166 valence electrons. The number of hydrogen-bond donors (Lipinski definition) is 0. The summed E-state index contributed by atoms with van der Waals surface area (Å²) in [6, 6.07) is 10.2. The maximum absolute atomic E-state index is 13.7. The van der Waals surface area contributed by atoms with E-state index >= 15 is 0 Å². The van der Waals surface area contributed by atoms with Gasteiger partial charge >= 0.3 is 0 Å². The van der Waals surface area contributed by atoms with Crippen molar-refractivity contribution in [2.75, 3.05) is 12.0 Å². The zero-order valence-electron chi connectivity index (χ0n) is 17.7. The number of methoxy groups -OCH3 is 1. The summed E-state index contributed by atoms with van der Waals surface area (Å²) in [6.07, 6.45) is 0.221. The van der Waals surface area contributed by atoms with Crippen LogP contribution in [-0.4, -0.2) is 46.4 Å². The quantitative estimate of drug-likeness (QED) is 0.633. The molecule has 2 aromatic rings. The first-order chi connectivity index (χ1) is 15.2. The van der Waals surface area contributed by atoms with Crippen molar-refractivity contribution in [2.24, 2.45) is 5.92 Å². The number of hydrogen-bond acceptors (Lipinski definition) is 5. The van der Waals surface area contributed by atoms with Gasteiger partial charge in [-0.2, -0.15) is 0 Å². The molecule has 0 bridgehead atoms. The number of carbonyl (C=O) groups is 3. The normalized spacial score (nSPS) is 26.7. The molecule has 0 N–H and O–H groups in total. The average Bonchev–Trinajstić information content (AvgIpc) is 3.30. The van der Waals surface area contributed by atoms with Crippen molar-refractivity contribution >= 4 is 46.6 Å². The van der Waals surface area contributed by atoms with Gasteiger partial charge in [-0.15, -0.1) is 0 Å². The number of amides is 3. The highest BCUT2D eigenvalue weighted by Crippen LogP contribution is 2.55. The molecule has 9 heteroatoms. The van der Waals surface area contributed by atoms with Crippen LogP contribution >= 0.6 is 23.2 Å². The molecule has 7 nitrogen and oxygen atoms in total. The highest BCUT2D eigenvalue weighted by Gasteiger charge is 2.68. The number of imide groups is 1. The minimum absolute atomic E-state index is 0.201. The third-order valence-electron chi connectivity index (χ3n) is 6.50. The van der Waals surface area contributed by atoms with Gasteiger partial charge < -0.3 is 4.74 Å². The van der Waals surface area contributed by atoms with E-state index in [2.05, 4.69) is 0 Å². The number of benzene rings is 2. The molecule has 3 atom stereocenters. The zero-order chi connectivity index (χ0) is 22.9. The molecule has 3 fully saturated rings. The van der Waals surface area contributed by atoms with Gasteiger partial charge in [0.15, 0.2) is 0 Å². The van der Waals surface area contributed by atoms with E-state index in [1.807, 2.05) is 18.9 Å². The molecule has 3 heterocycles. The molecule has 0 radical (unpaired) electrons. The van der Waals surface area contributed by atoms with Gasteiger partial charge in [0.1, 0.15) is 11.8 Å². The molecule has 3 amide bonds. The summed E-state index contributed by atoms with van der Waals surface area (Å²) in [7, 11) is 1.54. The van der Waals surface area contributed by atoms with Gasteiger partial charge in [-0.1, -0.05) is 29.3 Å². The predicted molar refractivity (Wildman–Crippen MR) is 119 cm³/mol. The van der Waals surface area contributed by atoms with Crippen LogP contribution in [0.2, 0.25) is 10.0 Å². The SMILES string of the molecule is COc1ccc(N2C(=O)[C@@H]3[C@H](C2=O)N2C(=O)CC(C)(C)N2[C@H]3c2c(Cl)cccc2Cl)cc1. The van der Waals surface area contributed by atoms with E-state index < -0.39 is 29.4 Å². The molecule has 3 aliphatic heterocycles. The maximum Gasteiger partial charge on any atom is 0.259 e. The summed E-state index contributed by atoms with van der Waals surface area (Å²) < 4.78 is 5.18. The van der Waals surface area contributed by atoms with Crippen molar-refractivity contribution in [1.82, 2.24) is 10.0 Å². The lowest BCUT2D eigenvalue weighted by molar-refractivity contribution is -0.146. The molecular weight excluding hydrogens is 453 g/mol. The number of anilines is 1. The highest BCUT2D eigenvalue weighted by atomic mass is 35.5. The fourth-order valence-electron chi connectivity index (χ4n) is 5.22. The molecular formula is C23H21Cl2N3O4. The molecule has 3 saturated heterocycles. The minimum atomic E-state index is -0.948. The van der Waals surface area contributed by atoms with Gasteiger partial charge in [0.2, 0.25) is 11.8 Å². The van der Waals surface area contributed by atoms with E-state index in [1.54, 1.807) is 49.6 Å². The Morgan fingerprint density at radius 2 is 1.56 bits per heavy atom. The second kappa shape index (κ2) is 7.20. The van der Waals surface area contributed by atoms with Gasteiger partial charge in [0, 0.05) is 27.6 Å². The largest absolute Gasteiger partial charge is 0.497 e. The number of ether oxygens (including phenoxy) is 1. The zero-order valence-corrected chi connectivity index (χ0v) is 19.2. The van der Waals surface area contributed by atoms with Crippen molar-refractivity contribution in [2.45, 2.75) is 37.9 Å². The molecule has 0 unspecified atom stereocenters. The number of carbonyl (C=O) groups excluding carboxylic acids is 3. The number of halogens is 2. The standard InChI is InChI=1S/C23H21Cl2N3O4/c1-23(2)11-16(29)27-20-18(19(28(23)27)17-14(24)5-4-6-15(17)25)21(30)26(22(20)31)12-7-9-13(32-3)10-8-12/h4-10,18-20H,11H2,1-3H3/t18-,19-,20+/m0/s1. The second-order valence-corrected chi connectivity index (χ2v) is 9.65. The second-order valence-electron chi connectivity index (χ2n) is 8.83. The Balaban J connectivity index is 1.67. The summed E-state index contributed by atoms with van der Waals surface area (Å²) in [5.74, 6) is -1.24. The first-order valence-electron chi connectivity index (χ1n) is 10.2. The van der Waals surface area contributed by atoms with Crippen LogP contribution < -0.4 is 9.64 Å². The monoisotopic (exact) mass is 473 g/mol. The highest BCUT2D eigenvalue weighted by molar-refractivity contribution is 6.36. The summed E-state index contributed by atoms with van der Waals surface area (Å²) in [5.41, 5.74) is 0.366.